The molecule has 6 nitrogen and oxygen atoms in total. The lowest BCUT2D eigenvalue weighted by atomic mass is 10.1. The van der Waals surface area contributed by atoms with Crippen molar-refractivity contribution in [1.29, 1.82) is 0 Å². The van der Waals surface area contributed by atoms with Gasteiger partial charge in [0.25, 0.3) is 0 Å². The van der Waals surface area contributed by atoms with E-state index in [9.17, 15) is 9.59 Å². The molecule has 2 atom stereocenters. The lowest BCUT2D eigenvalue weighted by Crippen LogP contribution is -2.35. The molecule has 1 aliphatic heterocycles. The summed E-state index contributed by atoms with van der Waals surface area (Å²) >= 11 is 0. The van der Waals surface area contributed by atoms with Crippen molar-refractivity contribution in [3.8, 4) is 0 Å². The predicted molar refractivity (Wildman–Crippen MR) is 79.5 cm³/mol. The first-order chi connectivity index (χ1) is 10.1. The van der Waals surface area contributed by atoms with Gasteiger partial charge in [0.05, 0.1) is 6.10 Å². The van der Waals surface area contributed by atoms with E-state index in [2.05, 4.69) is 10.6 Å². The van der Waals surface area contributed by atoms with Crippen molar-refractivity contribution in [2.45, 2.75) is 38.5 Å². The topological polar surface area (TPSA) is 93.5 Å². The molecular formula is C15H21N3O3. The Balaban J connectivity index is 1.80. The molecule has 1 heterocycles. The second-order valence-electron chi connectivity index (χ2n) is 5.16. The molecule has 2 rings (SSSR count). The van der Waals surface area contributed by atoms with E-state index >= 15 is 0 Å². The second-order valence-corrected chi connectivity index (χ2v) is 5.16. The molecule has 1 aromatic carbocycles. The van der Waals surface area contributed by atoms with E-state index in [1.165, 1.54) is 6.92 Å². The van der Waals surface area contributed by atoms with Gasteiger partial charge in [0.15, 0.2) is 0 Å². The SMILES string of the molecule is CC(=O)Nc1ccc(CNC(=O)C2CCC(CN)O2)cc1. The second kappa shape index (κ2) is 7.19. The van der Waals surface area contributed by atoms with Crippen LogP contribution in [0.15, 0.2) is 24.3 Å². The maximum absolute atomic E-state index is 12.0. The van der Waals surface area contributed by atoms with E-state index < -0.39 is 6.10 Å². The third-order valence-electron chi connectivity index (χ3n) is 3.40. The van der Waals surface area contributed by atoms with Crippen molar-refractivity contribution in [2.24, 2.45) is 5.73 Å². The number of carbonyl (C=O) groups is 2. The molecule has 1 fully saturated rings. The third kappa shape index (κ3) is 4.54. The highest BCUT2D eigenvalue weighted by Crippen LogP contribution is 2.19. The highest BCUT2D eigenvalue weighted by Gasteiger charge is 2.29. The van der Waals surface area contributed by atoms with E-state index in [1.807, 2.05) is 12.1 Å². The van der Waals surface area contributed by atoms with E-state index in [0.29, 0.717) is 13.1 Å². The van der Waals surface area contributed by atoms with E-state index in [1.54, 1.807) is 12.1 Å². The fraction of sp³-hybridized carbons (Fsp3) is 0.467. The third-order valence-corrected chi connectivity index (χ3v) is 3.40. The Morgan fingerprint density at radius 2 is 2.00 bits per heavy atom. The number of rotatable bonds is 5. The van der Waals surface area contributed by atoms with Gasteiger partial charge in [0.1, 0.15) is 6.10 Å². The van der Waals surface area contributed by atoms with E-state index in [4.69, 9.17) is 10.5 Å². The van der Waals surface area contributed by atoms with Gasteiger partial charge in [-0.25, -0.2) is 0 Å². The van der Waals surface area contributed by atoms with Crippen LogP contribution in [-0.2, 0) is 20.9 Å². The van der Waals surface area contributed by atoms with Crippen LogP contribution in [-0.4, -0.2) is 30.6 Å². The minimum Gasteiger partial charge on any atom is -0.364 e. The Kier molecular flexibility index (Phi) is 5.30. The van der Waals surface area contributed by atoms with Crippen LogP contribution in [0.25, 0.3) is 0 Å². The number of carbonyl (C=O) groups excluding carboxylic acids is 2. The monoisotopic (exact) mass is 291 g/mol. The first-order valence-corrected chi connectivity index (χ1v) is 7.08. The molecule has 0 aliphatic carbocycles. The largest absolute Gasteiger partial charge is 0.364 e. The summed E-state index contributed by atoms with van der Waals surface area (Å²) in [6.45, 7) is 2.35. The molecular weight excluding hydrogens is 270 g/mol. The Morgan fingerprint density at radius 3 is 2.57 bits per heavy atom. The summed E-state index contributed by atoms with van der Waals surface area (Å²) in [5, 5.41) is 5.55. The van der Waals surface area contributed by atoms with Gasteiger partial charge in [-0.1, -0.05) is 12.1 Å². The molecule has 1 aliphatic rings. The van der Waals surface area contributed by atoms with Crippen molar-refractivity contribution in [3.05, 3.63) is 29.8 Å². The van der Waals surface area contributed by atoms with Crippen molar-refractivity contribution in [1.82, 2.24) is 5.32 Å². The quantitative estimate of drug-likeness (QED) is 0.747. The number of anilines is 1. The maximum atomic E-state index is 12.0. The summed E-state index contributed by atoms with van der Waals surface area (Å²) in [5.41, 5.74) is 7.23. The average Bonchev–Trinajstić information content (AvgIpc) is 2.94. The number of hydrogen-bond donors (Lipinski definition) is 3. The van der Waals surface area contributed by atoms with Gasteiger partial charge in [-0.3, -0.25) is 9.59 Å². The Labute approximate surface area is 124 Å². The molecule has 1 aromatic rings. The number of ether oxygens (including phenoxy) is 1. The number of hydrogen-bond acceptors (Lipinski definition) is 4. The molecule has 114 valence electrons. The molecule has 0 bridgehead atoms. The normalized spacial score (nSPS) is 21.0. The van der Waals surface area contributed by atoms with Crippen LogP contribution in [0.5, 0.6) is 0 Å². The summed E-state index contributed by atoms with van der Waals surface area (Å²) < 4.78 is 5.54. The Morgan fingerprint density at radius 1 is 1.29 bits per heavy atom. The number of amides is 2. The zero-order valence-corrected chi connectivity index (χ0v) is 12.1. The molecule has 1 saturated heterocycles. The standard InChI is InChI=1S/C15H21N3O3/c1-10(19)18-12-4-2-11(3-5-12)9-17-15(20)14-7-6-13(8-16)21-14/h2-5,13-14H,6-9,16H2,1H3,(H,17,20)(H,18,19). The smallest absolute Gasteiger partial charge is 0.249 e. The molecule has 0 aromatic heterocycles. The fourth-order valence-corrected chi connectivity index (χ4v) is 2.28. The summed E-state index contributed by atoms with van der Waals surface area (Å²) in [5.74, 6) is -0.208. The minimum absolute atomic E-state index is 0.00214. The summed E-state index contributed by atoms with van der Waals surface area (Å²) in [6, 6.07) is 7.34. The van der Waals surface area contributed by atoms with Crippen LogP contribution < -0.4 is 16.4 Å². The zero-order chi connectivity index (χ0) is 15.2. The van der Waals surface area contributed by atoms with Gasteiger partial charge in [-0.15, -0.1) is 0 Å². The highest BCUT2D eigenvalue weighted by molar-refractivity contribution is 5.88. The predicted octanol–water partition coefficient (Wildman–Crippen LogP) is 0.768. The number of benzene rings is 1. The van der Waals surface area contributed by atoms with E-state index in [-0.39, 0.29) is 17.9 Å². The van der Waals surface area contributed by atoms with Gasteiger partial charge in [-0.2, -0.15) is 0 Å². The average molecular weight is 291 g/mol. The first-order valence-electron chi connectivity index (χ1n) is 7.08. The summed E-state index contributed by atoms with van der Waals surface area (Å²) in [4.78, 5) is 22.9. The lowest BCUT2D eigenvalue weighted by Gasteiger charge is -2.13. The molecule has 0 saturated carbocycles. The van der Waals surface area contributed by atoms with Gasteiger partial charge < -0.3 is 21.1 Å². The molecule has 4 N–H and O–H groups in total. The van der Waals surface area contributed by atoms with Gasteiger partial charge in [0, 0.05) is 25.7 Å². The highest BCUT2D eigenvalue weighted by atomic mass is 16.5. The molecule has 0 spiro atoms. The Bertz CT molecular complexity index is 501. The number of nitrogens with one attached hydrogen (secondary N) is 2. The number of nitrogens with two attached hydrogens (primary N) is 1. The van der Waals surface area contributed by atoms with Crippen LogP contribution in [0.3, 0.4) is 0 Å². The summed E-state index contributed by atoms with van der Waals surface area (Å²) in [6.07, 6.45) is 1.16. The Hall–Kier alpha value is -1.92. The maximum Gasteiger partial charge on any atom is 0.249 e. The van der Waals surface area contributed by atoms with Crippen LogP contribution >= 0.6 is 0 Å². The fourth-order valence-electron chi connectivity index (χ4n) is 2.28. The van der Waals surface area contributed by atoms with E-state index in [0.717, 1.165) is 24.1 Å². The zero-order valence-electron chi connectivity index (χ0n) is 12.1. The van der Waals surface area contributed by atoms with Crippen LogP contribution in [0.2, 0.25) is 0 Å². The van der Waals surface area contributed by atoms with Crippen LogP contribution in [0, 0.1) is 0 Å². The van der Waals surface area contributed by atoms with Crippen molar-refractivity contribution in [3.63, 3.8) is 0 Å². The van der Waals surface area contributed by atoms with Crippen molar-refractivity contribution in [2.75, 3.05) is 11.9 Å². The summed E-state index contributed by atoms with van der Waals surface area (Å²) in [7, 11) is 0. The molecule has 2 amide bonds. The van der Waals surface area contributed by atoms with Gasteiger partial charge in [0.2, 0.25) is 11.8 Å². The molecule has 2 unspecified atom stereocenters. The van der Waals surface area contributed by atoms with Gasteiger partial charge in [-0.05, 0) is 30.5 Å². The molecule has 0 radical (unpaired) electrons. The molecule has 21 heavy (non-hydrogen) atoms. The minimum atomic E-state index is -0.391. The van der Waals surface area contributed by atoms with Crippen molar-refractivity contribution >= 4 is 17.5 Å². The lowest BCUT2D eigenvalue weighted by molar-refractivity contribution is -0.132. The van der Waals surface area contributed by atoms with Crippen LogP contribution in [0.4, 0.5) is 5.69 Å². The van der Waals surface area contributed by atoms with Gasteiger partial charge >= 0.3 is 0 Å². The van der Waals surface area contributed by atoms with Crippen molar-refractivity contribution < 1.29 is 14.3 Å². The van der Waals surface area contributed by atoms with Crippen LogP contribution in [0.1, 0.15) is 25.3 Å². The first kappa shape index (κ1) is 15.5. The molecule has 6 heteroatoms.